The minimum absolute atomic E-state index is 0.134. The number of benzene rings is 1. The Balaban J connectivity index is 2.19. The predicted octanol–water partition coefficient (Wildman–Crippen LogP) is 1.90. The molecule has 0 atom stereocenters. The van der Waals surface area contributed by atoms with Crippen molar-refractivity contribution in [2.24, 2.45) is 5.73 Å². The van der Waals surface area contributed by atoms with E-state index in [1.54, 1.807) is 12.1 Å². The van der Waals surface area contributed by atoms with Crippen molar-refractivity contribution in [1.82, 2.24) is 10.3 Å². The van der Waals surface area contributed by atoms with E-state index in [1.807, 2.05) is 12.1 Å². The molecule has 0 spiro atoms. The lowest BCUT2D eigenvalue weighted by molar-refractivity contribution is 0.0949. The summed E-state index contributed by atoms with van der Waals surface area (Å²) in [6.07, 6.45) is 0.771. The average molecular weight is 252 g/mol. The van der Waals surface area contributed by atoms with Crippen LogP contribution in [0.4, 0.5) is 0 Å². The summed E-state index contributed by atoms with van der Waals surface area (Å²) >= 11 is 6.03. The van der Waals surface area contributed by atoms with Crippen molar-refractivity contribution in [1.29, 1.82) is 0 Å². The van der Waals surface area contributed by atoms with Gasteiger partial charge in [0.25, 0.3) is 5.91 Å². The van der Waals surface area contributed by atoms with Gasteiger partial charge in [-0.05, 0) is 31.2 Å². The topological polar surface area (TPSA) is 70.9 Å². The fourth-order valence-corrected chi connectivity index (χ4v) is 1.87. The van der Waals surface area contributed by atoms with Gasteiger partial charge < -0.3 is 16.0 Å². The molecule has 1 aromatic heterocycles. The number of nitrogens with one attached hydrogen (secondary N) is 2. The zero-order chi connectivity index (χ0) is 12.3. The third-order valence-electron chi connectivity index (χ3n) is 2.52. The van der Waals surface area contributed by atoms with Crippen molar-refractivity contribution in [3.8, 4) is 0 Å². The number of carbonyl (C=O) groups is 1. The molecule has 1 heterocycles. The molecule has 4 N–H and O–H groups in total. The lowest BCUT2D eigenvalue weighted by Crippen LogP contribution is -2.26. The molecule has 2 aromatic rings. The number of carbonyl (C=O) groups excluding carboxylic acids is 1. The van der Waals surface area contributed by atoms with Gasteiger partial charge in [-0.1, -0.05) is 17.7 Å². The molecule has 0 saturated carbocycles. The smallest absolute Gasteiger partial charge is 0.267 e. The summed E-state index contributed by atoms with van der Waals surface area (Å²) in [5.41, 5.74) is 6.74. The van der Waals surface area contributed by atoms with Crippen LogP contribution in [0.1, 0.15) is 16.9 Å². The van der Waals surface area contributed by atoms with Crippen LogP contribution in [-0.2, 0) is 0 Å². The molecule has 0 aliphatic rings. The normalized spacial score (nSPS) is 10.7. The van der Waals surface area contributed by atoms with Crippen LogP contribution < -0.4 is 11.1 Å². The van der Waals surface area contributed by atoms with Gasteiger partial charge in [0.05, 0.1) is 0 Å². The van der Waals surface area contributed by atoms with Crippen molar-refractivity contribution < 1.29 is 4.79 Å². The van der Waals surface area contributed by atoms with E-state index < -0.39 is 0 Å². The van der Waals surface area contributed by atoms with Gasteiger partial charge in [0.2, 0.25) is 0 Å². The zero-order valence-electron chi connectivity index (χ0n) is 9.29. The summed E-state index contributed by atoms with van der Waals surface area (Å²) in [4.78, 5) is 14.8. The Labute approximate surface area is 104 Å². The van der Waals surface area contributed by atoms with Crippen LogP contribution in [0.2, 0.25) is 5.02 Å². The summed E-state index contributed by atoms with van der Waals surface area (Å²) in [7, 11) is 0. The van der Waals surface area contributed by atoms with E-state index in [0.29, 0.717) is 23.8 Å². The summed E-state index contributed by atoms with van der Waals surface area (Å²) in [6.45, 7) is 1.15. The molecule has 1 amide bonds. The van der Waals surface area contributed by atoms with Crippen LogP contribution in [0, 0.1) is 0 Å². The predicted molar refractivity (Wildman–Crippen MR) is 69.3 cm³/mol. The Morgan fingerprint density at radius 2 is 2.29 bits per heavy atom. The first-order chi connectivity index (χ1) is 8.22. The molecule has 5 heteroatoms. The van der Waals surface area contributed by atoms with Crippen LogP contribution in [0.15, 0.2) is 24.3 Å². The maximum absolute atomic E-state index is 11.8. The summed E-state index contributed by atoms with van der Waals surface area (Å²) in [5.74, 6) is -0.134. The van der Waals surface area contributed by atoms with Gasteiger partial charge in [-0.15, -0.1) is 0 Å². The van der Waals surface area contributed by atoms with Gasteiger partial charge >= 0.3 is 0 Å². The fourth-order valence-electron chi connectivity index (χ4n) is 1.64. The molecule has 17 heavy (non-hydrogen) atoms. The van der Waals surface area contributed by atoms with Gasteiger partial charge in [-0.25, -0.2) is 0 Å². The maximum Gasteiger partial charge on any atom is 0.267 e. The van der Waals surface area contributed by atoms with E-state index in [1.165, 1.54) is 0 Å². The summed E-state index contributed by atoms with van der Waals surface area (Å²) in [5, 5.41) is 4.29. The molecule has 0 unspecified atom stereocenters. The van der Waals surface area contributed by atoms with E-state index in [9.17, 15) is 4.79 Å². The number of hydrogen-bond donors (Lipinski definition) is 3. The standard InChI is InChI=1S/C12H14ClN3O/c13-9-3-1-4-10-8(9)7-11(16-10)12(17)15-6-2-5-14/h1,3-4,7,16H,2,5-6,14H2,(H,15,17). The van der Waals surface area contributed by atoms with Crippen LogP contribution in [0.3, 0.4) is 0 Å². The number of aromatic amines is 1. The van der Waals surface area contributed by atoms with Crippen LogP contribution >= 0.6 is 11.6 Å². The number of nitrogens with two attached hydrogens (primary N) is 1. The van der Waals surface area contributed by atoms with Crippen LogP contribution in [0.5, 0.6) is 0 Å². The molecule has 2 rings (SSSR count). The molecule has 0 radical (unpaired) electrons. The number of halogens is 1. The second kappa shape index (κ2) is 5.21. The molecular weight excluding hydrogens is 238 g/mol. The molecule has 0 aliphatic carbocycles. The summed E-state index contributed by atoms with van der Waals surface area (Å²) < 4.78 is 0. The number of H-pyrrole nitrogens is 1. The molecule has 90 valence electrons. The largest absolute Gasteiger partial charge is 0.351 e. The zero-order valence-corrected chi connectivity index (χ0v) is 10.1. The molecule has 1 aromatic carbocycles. The first-order valence-corrected chi connectivity index (χ1v) is 5.85. The average Bonchev–Trinajstić information content (AvgIpc) is 2.75. The highest BCUT2D eigenvalue weighted by molar-refractivity contribution is 6.35. The van der Waals surface area contributed by atoms with Crippen molar-refractivity contribution in [3.05, 3.63) is 35.0 Å². The Morgan fingerprint density at radius 3 is 3.00 bits per heavy atom. The second-order valence-electron chi connectivity index (χ2n) is 3.78. The van der Waals surface area contributed by atoms with Crippen molar-refractivity contribution in [2.75, 3.05) is 13.1 Å². The lowest BCUT2D eigenvalue weighted by Gasteiger charge is -2.01. The Kier molecular flexibility index (Phi) is 3.66. The monoisotopic (exact) mass is 251 g/mol. The van der Waals surface area contributed by atoms with E-state index in [0.717, 1.165) is 17.3 Å². The molecule has 0 fully saturated rings. The van der Waals surface area contributed by atoms with Crippen LogP contribution in [-0.4, -0.2) is 24.0 Å². The van der Waals surface area contributed by atoms with Gasteiger partial charge in [0, 0.05) is 22.5 Å². The second-order valence-corrected chi connectivity index (χ2v) is 4.19. The molecule has 0 aliphatic heterocycles. The minimum Gasteiger partial charge on any atom is -0.351 e. The Bertz CT molecular complexity index is 536. The molecule has 0 bridgehead atoms. The van der Waals surface area contributed by atoms with E-state index in [4.69, 9.17) is 17.3 Å². The van der Waals surface area contributed by atoms with E-state index in [2.05, 4.69) is 10.3 Å². The van der Waals surface area contributed by atoms with Crippen LogP contribution in [0.25, 0.3) is 10.9 Å². The summed E-state index contributed by atoms with van der Waals surface area (Å²) in [6, 6.07) is 7.29. The van der Waals surface area contributed by atoms with Crippen molar-refractivity contribution >= 4 is 28.4 Å². The van der Waals surface area contributed by atoms with Gasteiger partial charge in [-0.3, -0.25) is 4.79 Å². The molecule has 4 nitrogen and oxygen atoms in total. The van der Waals surface area contributed by atoms with Crippen molar-refractivity contribution in [2.45, 2.75) is 6.42 Å². The number of amides is 1. The number of fused-ring (bicyclic) bond motifs is 1. The fraction of sp³-hybridized carbons (Fsp3) is 0.250. The number of hydrogen-bond acceptors (Lipinski definition) is 2. The Hall–Kier alpha value is -1.52. The first-order valence-electron chi connectivity index (χ1n) is 5.48. The van der Waals surface area contributed by atoms with E-state index in [-0.39, 0.29) is 5.91 Å². The maximum atomic E-state index is 11.8. The highest BCUT2D eigenvalue weighted by atomic mass is 35.5. The number of aromatic nitrogens is 1. The van der Waals surface area contributed by atoms with Crippen molar-refractivity contribution in [3.63, 3.8) is 0 Å². The highest BCUT2D eigenvalue weighted by Gasteiger charge is 2.09. The third kappa shape index (κ3) is 2.60. The lowest BCUT2D eigenvalue weighted by atomic mass is 10.2. The van der Waals surface area contributed by atoms with E-state index >= 15 is 0 Å². The van der Waals surface area contributed by atoms with Gasteiger partial charge in [-0.2, -0.15) is 0 Å². The quantitative estimate of drug-likeness (QED) is 0.727. The van der Waals surface area contributed by atoms with Gasteiger partial charge in [0.1, 0.15) is 5.69 Å². The number of rotatable bonds is 4. The highest BCUT2D eigenvalue weighted by Crippen LogP contribution is 2.23. The Morgan fingerprint density at radius 1 is 1.47 bits per heavy atom. The third-order valence-corrected chi connectivity index (χ3v) is 2.85. The minimum atomic E-state index is -0.134. The molecule has 0 saturated heterocycles. The first kappa shape index (κ1) is 12.0. The van der Waals surface area contributed by atoms with Gasteiger partial charge in [0.15, 0.2) is 0 Å². The SMILES string of the molecule is NCCCNC(=O)c1cc2c(Cl)cccc2[nH]1. The molecular formula is C12H14ClN3O.